The molecule has 0 aliphatic carbocycles. The molecule has 272 valence electrons. The summed E-state index contributed by atoms with van der Waals surface area (Å²) in [6.45, 7) is 4.53. The Morgan fingerprint density at radius 1 is 0.674 bits per heavy atom. The van der Waals surface area contributed by atoms with Gasteiger partial charge in [0.2, 0.25) is 11.8 Å². The van der Waals surface area contributed by atoms with E-state index in [2.05, 4.69) is 31.7 Å². The molecular formula is C35H70N3O7S+. The molecule has 0 saturated carbocycles. The molecule has 0 fully saturated rings. The van der Waals surface area contributed by atoms with Gasteiger partial charge < -0.3 is 19.9 Å². The van der Waals surface area contributed by atoms with Crippen LogP contribution in [0.1, 0.15) is 155 Å². The topological polar surface area (TPSA) is 139 Å². The second-order valence-corrected chi connectivity index (χ2v) is 15.2. The zero-order valence-electron chi connectivity index (χ0n) is 29.9. The van der Waals surface area contributed by atoms with E-state index in [1.54, 1.807) is 0 Å². The lowest BCUT2D eigenvalue weighted by Crippen LogP contribution is -2.41. The van der Waals surface area contributed by atoms with Crippen LogP contribution >= 0.6 is 0 Å². The first-order valence-corrected chi connectivity index (χ1v) is 19.9. The zero-order valence-corrected chi connectivity index (χ0v) is 30.7. The summed E-state index contributed by atoms with van der Waals surface area (Å²) in [4.78, 5) is 36.8. The van der Waals surface area contributed by atoms with Crippen molar-refractivity contribution in [2.75, 3.05) is 46.6 Å². The monoisotopic (exact) mass is 676 g/mol. The van der Waals surface area contributed by atoms with Crippen molar-refractivity contribution < 1.29 is 36.6 Å². The van der Waals surface area contributed by atoms with Crippen molar-refractivity contribution in [1.82, 2.24) is 10.6 Å². The third-order valence-electron chi connectivity index (χ3n) is 8.65. The summed E-state index contributed by atoms with van der Waals surface area (Å²) in [5.41, 5.74) is 0. The number of hydrogen-bond acceptors (Lipinski definition) is 6. The quantitative estimate of drug-likeness (QED) is 0.0311. The van der Waals surface area contributed by atoms with Crippen LogP contribution in [0.2, 0.25) is 0 Å². The predicted octanol–water partition coefficient (Wildman–Crippen LogP) is 6.72. The molecule has 10 nitrogen and oxygen atoms in total. The third kappa shape index (κ3) is 29.7. The first-order chi connectivity index (χ1) is 21.9. The molecule has 0 unspecified atom stereocenters. The molecule has 0 aliphatic heterocycles. The van der Waals surface area contributed by atoms with Gasteiger partial charge in [-0.1, -0.05) is 90.4 Å². The Morgan fingerprint density at radius 3 is 1.67 bits per heavy atom. The number of methoxy groups -OCH3 is 1. The van der Waals surface area contributed by atoms with Crippen LogP contribution in [0.3, 0.4) is 0 Å². The molecule has 0 rings (SSSR count). The lowest BCUT2D eigenvalue weighted by molar-refractivity contribution is -0.890. The smallest absolute Gasteiger partial charge is 0.328 e. The van der Waals surface area contributed by atoms with Crippen LogP contribution < -0.4 is 10.6 Å². The van der Waals surface area contributed by atoms with Crippen molar-refractivity contribution in [2.24, 2.45) is 0 Å². The number of esters is 1. The van der Waals surface area contributed by atoms with Gasteiger partial charge in [-0.25, -0.2) is 4.79 Å². The highest BCUT2D eigenvalue weighted by molar-refractivity contribution is 7.85. The van der Waals surface area contributed by atoms with Crippen molar-refractivity contribution in [3.63, 3.8) is 0 Å². The van der Waals surface area contributed by atoms with Crippen LogP contribution in [-0.4, -0.2) is 87.9 Å². The van der Waals surface area contributed by atoms with E-state index in [0.29, 0.717) is 38.6 Å². The minimum Gasteiger partial charge on any atom is -0.467 e. The fraction of sp³-hybridized carbons (Fsp3) is 0.914. The molecule has 46 heavy (non-hydrogen) atoms. The van der Waals surface area contributed by atoms with Crippen LogP contribution in [-0.2, 0) is 29.2 Å². The van der Waals surface area contributed by atoms with Crippen molar-refractivity contribution >= 4 is 27.9 Å². The fourth-order valence-electron chi connectivity index (χ4n) is 5.72. The Hall–Kier alpha value is -1.72. The van der Waals surface area contributed by atoms with Gasteiger partial charge in [-0.05, 0) is 44.9 Å². The van der Waals surface area contributed by atoms with E-state index in [4.69, 9.17) is 9.29 Å². The molecule has 0 aliphatic rings. The Morgan fingerprint density at radius 2 is 1.15 bits per heavy atom. The summed E-state index contributed by atoms with van der Waals surface area (Å²) in [6.07, 6.45) is 23.0. The Labute approximate surface area is 281 Å². The van der Waals surface area contributed by atoms with E-state index in [0.717, 1.165) is 88.2 Å². The van der Waals surface area contributed by atoms with E-state index in [9.17, 15) is 22.8 Å². The number of nitrogens with zero attached hydrogens (tertiary/aromatic N) is 1. The van der Waals surface area contributed by atoms with Gasteiger partial charge in [0.15, 0.2) is 0 Å². The molecule has 1 atom stereocenters. The number of nitrogens with one attached hydrogen (secondary N) is 2. The second-order valence-electron chi connectivity index (χ2n) is 13.7. The molecule has 0 spiro atoms. The highest BCUT2D eigenvalue weighted by Gasteiger charge is 2.21. The van der Waals surface area contributed by atoms with Gasteiger partial charge in [0.25, 0.3) is 10.1 Å². The van der Waals surface area contributed by atoms with Crippen molar-refractivity contribution in [1.29, 1.82) is 0 Å². The Kier molecular flexibility index (Phi) is 27.2. The predicted molar refractivity (Wildman–Crippen MR) is 187 cm³/mol. The Balaban J connectivity index is 3.86. The molecule has 2 amide bonds. The van der Waals surface area contributed by atoms with Crippen LogP contribution in [0.5, 0.6) is 0 Å². The number of unbranched alkanes of at least 4 members (excludes halogenated alkanes) is 16. The average Bonchev–Trinajstić information content (AvgIpc) is 2.99. The highest BCUT2D eigenvalue weighted by atomic mass is 32.2. The van der Waals surface area contributed by atoms with Gasteiger partial charge in [-0.3, -0.25) is 14.1 Å². The first kappa shape index (κ1) is 44.3. The van der Waals surface area contributed by atoms with Crippen molar-refractivity contribution in [3.05, 3.63) is 0 Å². The maximum absolute atomic E-state index is 12.5. The molecule has 0 aromatic heterocycles. The lowest BCUT2D eigenvalue weighted by Gasteiger charge is -2.29. The summed E-state index contributed by atoms with van der Waals surface area (Å²) in [5.74, 6) is -0.637. The second kappa shape index (κ2) is 28.3. The zero-order chi connectivity index (χ0) is 34.5. The van der Waals surface area contributed by atoms with Crippen LogP contribution in [0.15, 0.2) is 0 Å². The Bertz CT molecular complexity index is 897. The molecule has 3 N–H and O–H groups in total. The standard InChI is InChI=1S/C35H69N3O7S/c1-5-6-7-8-9-10-13-16-19-26-33(39)36-28-22-21-25-32(35(41)45-4)37-34(40)27-20-17-14-11-12-15-18-23-29-38(2,3)30-24-31-46(42,43)44/h32H,5-31H2,1-4H3,(H2-,36,37,39,40,42,43,44)/p+1/t32-/m0/s1. The maximum atomic E-state index is 12.5. The molecule has 0 bridgehead atoms. The SMILES string of the molecule is CCCCCCCCCCCC(=O)NCCCC[C@H](NC(=O)CCCCCCCCCC[N+](C)(C)CCCS(=O)(=O)O)C(=O)OC. The largest absolute Gasteiger partial charge is 0.467 e. The number of quaternary nitrogens is 1. The molecular weight excluding hydrogens is 606 g/mol. The van der Waals surface area contributed by atoms with Gasteiger partial charge in [-0.15, -0.1) is 0 Å². The highest BCUT2D eigenvalue weighted by Crippen LogP contribution is 2.13. The van der Waals surface area contributed by atoms with Gasteiger partial charge in [-0.2, -0.15) is 8.42 Å². The molecule has 0 saturated heterocycles. The van der Waals surface area contributed by atoms with Gasteiger partial charge in [0.1, 0.15) is 6.04 Å². The molecule has 11 heteroatoms. The van der Waals surface area contributed by atoms with E-state index in [-0.39, 0.29) is 17.6 Å². The van der Waals surface area contributed by atoms with Crippen LogP contribution in [0, 0.1) is 0 Å². The van der Waals surface area contributed by atoms with E-state index in [1.807, 2.05) is 0 Å². The maximum Gasteiger partial charge on any atom is 0.328 e. The van der Waals surface area contributed by atoms with E-state index >= 15 is 0 Å². The van der Waals surface area contributed by atoms with Gasteiger partial charge in [0.05, 0.1) is 40.0 Å². The number of carbonyl (C=O) groups excluding carboxylic acids is 3. The normalized spacial score (nSPS) is 12.5. The van der Waals surface area contributed by atoms with Crippen LogP contribution in [0.4, 0.5) is 0 Å². The lowest BCUT2D eigenvalue weighted by atomic mass is 10.1. The van der Waals surface area contributed by atoms with Gasteiger partial charge >= 0.3 is 5.97 Å². The number of amides is 2. The average molecular weight is 677 g/mol. The molecule has 0 radical (unpaired) electrons. The molecule has 0 heterocycles. The minimum absolute atomic E-state index is 0.0908. The fourth-order valence-corrected chi connectivity index (χ4v) is 6.21. The summed E-state index contributed by atoms with van der Waals surface area (Å²) in [5, 5.41) is 5.81. The summed E-state index contributed by atoms with van der Waals surface area (Å²) >= 11 is 0. The number of carbonyl (C=O) groups is 3. The number of ether oxygens (including phenoxy) is 1. The number of rotatable bonds is 32. The molecule has 0 aromatic rings. The van der Waals surface area contributed by atoms with Crippen LogP contribution in [0.25, 0.3) is 0 Å². The van der Waals surface area contributed by atoms with Crippen molar-refractivity contribution in [3.8, 4) is 0 Å². The summed E-state index contributed by atoms with van der Waals surface area (Å²) < 4.78 is 36.3. The summed E-state index contributed by atoms with van der Waals surface area (Å²) in [7, 11) is 1.64. The van der Waals surface area contributed by atoms with E-state index in [1.165, 1.54) is 52.1 Å². The third-order valence-corrected chi connectivity index (χ3v) is 9.46. The number of hydrogen-bond donors (Lipinski definition) is 3. The van der Waals surface area contributed by atoms with Crippen molar-refractivity contribution in [2.45, 2.75) is 161 Å². The van der Waals surface area contributed by atoms with Gasteiger partial charge in [0, 0.05) is 25.8 Å². The first-order valence-electron chi connectivity index (χ1n) is 18.3. The van der Waals surface area contributed by atoms with E-state index < -0.39 is 22.1 Å². The minimum atomic E-state index is -3.88. The summed E-state index contributed by atoms with van der Waals surface area (Å²) in [6, 6.07) is -0.651. The molecule has 0 aromatic carbocycles.